The van der Waals surface area contributed by atoms with Crippen LogP contribution in [0.3, 0.4) is 0 Å². The number of benzene rings is 3. The van der Waals surface area contributed by atoms with Crippen LogP contribution in [0.15, 0.2) is 66.7 Å². The lowest BCUT2D eigenvalue weighted by Gasteiger charge is -2.23. The molecule has 0 radical (unpaired) electrons. The topological polar surface area (TPSA) is 70.3 Å². The molecule has 1 N–H and O–H groups in total. The van der Waals surface area contributed by atoms with Crippen LogP contribution < -0.4 is 4.74 Å². The lowest BCUT2D eigenvalue weighted by molar-refractivity contribution is -0.140. The number of para-hydroxylation sites is 1. The Bertz CT molecular complexity index is 953. The largest absolute Gasteiger partial charge is 0.496 e. The smallest absolute Gasteiger partial charge is 0.321 e. The first-order chi connectivity index (χ1) is 12.2. The van der Waals surface area contributed by atoms with Crippen molar-refractivity contribution in [3.8, 4) is 11.8 Å². The molecule has 0 aliphatic heterocycles. The van der Waals surface area contributed by atoms with Crippen molar-refractivity contribution in [2.24, 2.45) is 5.92 Å². The van der Waals surface area contributed by atoms with Crippen LogP contribution in [0.4, 0.5) is 0 Å². The molecule has 0 amide bonds. The SMILES string of the molecule is COc1ccccc1C(c1cccc2ccccc12)C(C#N)C(=O)O. The van der Waals surface area contributed by atoms with E-state index in [9.17, 15) is 15.2 Å². The van der Waals surface area contributed by atoms with E-state index in [0.29, 0.717) is 11.3 Å². The fraction of sp³-hybridized carbons (Fsp3) is 0.143. The zero-order chi connectivity index (χ0) is 17.8. The molecular formula is C21H17NO3. The van der Waals surface area contributed by atoms with E-state index in [0.717, 1.165) is 16.3 Å². The molecule has 3 aromatic carbocycles. The van der Waals surface area contributed by atoms with Crippen LogP contribution in [-0.4, -0.2) is 18.2 Å². The summed E-state index contributed by atoms with van der Waals surface area (Å²) in [7, 11) is 1.54. The number of carbonyl (C=O) groups is 1. The monoisotopic (exact) mass is 331 g/mol. The van der Waals surface area contributed by atoms with Crippen molar-refractivity contribution in [2.75, 3.05) is 7.11 Å². The Kier molecular flexibility index (Phi) is 4.67. The number of methoxy groups -OCH3 is 1. The van der Waals surface area contributed by atoms with Crippen LogP contribution >= 0.6 is 0 Å². The predicted molar refractivity (Wildman–Crippen MR) is 95.5 cm³/mol. The van der Waals surface area contributed by atoms with Crippen LogP contribution in [-0.2, 0) is 4.79 Å². The molecule has 2 unspecified atom stereocenters. The Morgan fingerprint density at radius 2 is 1.64 bits per heavy atom. The van der Waals surface area contributed by atoms with Gasteiger partial charge in [-0.15, -0.1) is 0 Å². The Morgan fingerprint density at radius 1 is 1.00 bits per heavy atom. The highest BCUT2D eigenvalue weighted by molar-refractivity contribution is 5.88. The zero-order valence-electron chi connectivity index (χ0n) is 13.7. The van der Waals surface area contributed by atoms with Gasteiger partial charge in [-0.05, 0) is 22.4 Å². The molecule has 3 rings (SSSR count). The summed E-state index contributed by atoms with van der Waals surface area (Å²) < 4.78 is 5.43. The van der Waals surface area contributed by atoms with Gasteiger partial charge in [0.1, 0.15) is 5.75 Å². The second-order valence-corrected chi connectivity index (χ2v) is 5.73. The molecule has 25 heavy (non-hydrogen) atoms. The van der Waals surface area contributed by atoms with E-state index in [4.69, 9.17) is 4.74 Å². The molecule has 4 nitrogen and oxygen atoms in total. The minimum absolute atomic E-state index is 0.571. The van der Waals surface area contributed by atoms with Crippen LogP contribution in [0, 0.1) is 17.2 Å². The normalized spacial score (nSPS) is 13.0. The second kappa shape index (κ2) is 7.06. The molecule has 124 valence electrons. The predicted octanol–water partition coefficient (Wildman–Crippen LogP) is 4.20. The molecule has 0 aliphatic rings. The molecule has 4 heteroatoms. The molecule has 0 aromatic heterocycles. The van der Waals surface area contributed by atoms with Gasteiger partial charge in [0, 0.05) is 11.5 Å². The Labute approximate surface area is 145 Å². The molecule has 0 saturated carbocycles. The van der Waals surface area contributed by atoms with Crippen molar-refractivity contribution >= 4 is 16.7 Å². The summed E-state index contributed by atoms with van der Waals surface area (Å²) in [6.07, 6.45) is 0. The summed E-state index contributed by atoms with van der Waals surface area (Å²) >= 11 is 0. The van der Waals surface area contributed by atoms with Crippen molar-refractivity contribution in [1.82, 2.24) is 0 Å². The van der Waals surface area contributed by atoms with Crippen LogP contribution in [0.2, 0.25) is 0 Å². The van der Waals surface area contributed by atoms with Crippen LogP contribution in [0.1, 0.15) is 17.0 Å². The van der Waals surface area contributed by atoms with Crippen LogP contribution in [0.5, 0.6) is 5.75 Å². The maximum Gasteiger partial charge on any atom is 0.321 e. The minimum Gasteiger partial charge on any atom is -0.496 e. The number of hydrogen-bond acceptors (Lipinski definition) is 3. The lowest BCUT2D eigenvalue weighted by Crippen LogP contribution is -2.22. The first-order valence-corrected chi connectivity index (χ1v) is 7.90. The maximum atomic E-state index is 11.8. The number of fused-ring (bicyclic) bond motifs is 1. The molecule has 3 aromatic rings. The third-order valence-electron chi connectivity index (χ3n) is 4.37. The highest BCUT2D eigenvalue weighted by Crippen LogP contribution is 2.40. The summed E-state index contributed by atoms with van der Waals surface area (Å²) in [5.74, 6) is -2.43. The van der Waals surface area contributed by atoms with E-state index in [1.165, 1.54) is 0 Å². The van der Waals surface area contributed by atoms with E-state index in [1.54, 1.807) is 13.2 Å². The van der Waals surface area contributed by atoms with Gasteiger partial charge in [-0.1, -0.05) is 60.7 Å². The van der Waals surface area contributed by atoms with E-state index >= 15 is 0 Å². The number of carboxylic acid groups (broad SMARTS) is 1. The maximum absolute atomic E-state index is 11.8. The number of carboxylic acids is 1. The van der Waals surface area contributed by atoms with Crippen molar-refractivity contribution in [3.63, 3.8) is 0 Å². The second-order valence-electron chi connectivity index (χ2n) is 5.73. The van der Waals surface area contributed by atoms with Crippen molar-refractivity contribution in [1.29, 1.82) is 5.26 Å². The Morgan fingerprint density at radius 3 is 2.36 bits per heavy atom. The van der Waals surface area contributed by atoms with Crippen molar-refractivity contribution < 1.29 is 14.6 Å². The first kappa shape index (κ1) is 16.5. The molecule has 0 spiro atoms. The highest BCUT2D eigenvalue weighted by atomic mass is 16.5. The third kappa shape index (κ3) is 3.05. The van der Waals surface area contributed by atoms with Crippen molar-refractivity contribution in [3.05, 3.63) is 77.9 Å². The Balaban J connectivity index is 2.31. The molecule has 0 saturated heterocycles. The fourth-order valence-electron chi connectivity index (χ4n) is 3.24. The lowest BCUT2D eigenvalue weighted by atomic mass is 9.79. The van der Waals surface area contributed by atoms with E-state index < -0.39 is 17.8 Å². The summed E-state index contributed by atoms with van der Waals surface area (Å²) in [4.78, 5) is 11.8. The van der Waals surface area contributed by atoms with E-state index in [-0.39, 0.29) is 0 Å². The summed E-state index contributed by atoms with van der Waals surface area (Å²) in [5, 5.41) is 21.1. The zero-order valence-corrected chi connectivity index (χ0v) is 13.7. The Hall–Kier alpha value is -3.32. The van der Waals surface area contributed by atoms with Gasteiger partial charge in [0.15, 0.2) is 5.92 Å². The van der Waals surface area contributed by atoms with Gasteiger partial charge < -0.3 is 9.84 Å². The van der Waals surface area contributed by atoms with Gasteiger partial charge in [0.25, 0.3) is 0 Å². The quantitative estimate of drug-likeness (QED) is 0.760. The molecule has 2 atom stereocenters. The average molecular weight is 331 g/mol. The summed E-state index contributed by atoms with van der Waals surface area (Å²) in [5.41, 5.74) is 1.49. The summed E-state index contributed by atoms with van der Waals surface area (Å²) in [6.45, 7) is 0. The molecule has 0 heterocycles. The van der Waals surface area contributed by atoms with E-state index in [1.807, 2.05) is 66.7 Å². The summed E-state index contributed by atoms with van der Waals surface area (Å²) in [6, 6.07) is 22.7. The van der Waals surface area contributed by atoms with Gasteiger partial charge in [-0.3, -0.25) is 4.79 Å². The van der Waals surface area contributed by atoms with Gasteiger partial charge in [-0.2, -0.15) is 5.26 Å². The van der Waals surface area contributed by atoms with E-state index in [2.05, 4.69) is 0 Å². The molecular weight excluding hydrogens is 314 g/mol. The number of ether oxygens (including phenoxy) is 1. The van der Waals surface area contributed by atoms with Gasteiger partial charge in [0.05, 0.1) is 13.2 Å². The number of nitrogens with zero attached hydrogens (tertiary/aromatic N) is 1. The number of rotatable bonds is 5. The number of nitriles is 1. The number of aliphatic carboxylic acids is 1. The van der Waals surface area contributed by atoms with Gasteiger partial charge in [0.2, 0.25) is 0 Å². The standard InChI is InChI=1S/C21H17NO3/c1-25-19-12-5-4-10-17(19)20(18(13-22)21(23)24)16-11-6-8-14-7-2-3-9-15(14)16/h2-12,18,20H,1H3,(H,23,24). The highest BCUT2D eigenvalue weighted by Gasteiger charge is 2.33. The molecule has 0 aliphatic carbocycles. The average Bonchev–Trinajstić information content (AvgIpc) is 2.65. The van der Waals surface area contributed by atoms with Gasteiger partial charge >= 0.3 is 5.97 Å². The van der Waals surface area contributed by atoms with Crippen LogP contribution in [0.25, 0.3) is 10.8 Å². The third-order valence-corrected chi connectivity index (χ3v) is 4.37. The first-order valence-electron chi connectivity index (χ1n) is 7.90. The number of hydrogen-bond donors (Lipinski definition) is 1. The molecule has 0 bridgehead atoms. The molecule has 0 fully saturated rings. The fourth-order valence-corrected chi connectivity index (χ4v) is 3.24. The minimum atomic E-state index is -1.22. The van der Waals surface area contributed by atoms with Gasteiger partial charge in [-0.25, -0.2) is 0 Å². The van der Waals surface area contributed by atoms with Crippen molar-refractivity contribution in [2.45, 2.75) is 5.92 Å².